The van der Waals surface area contributed by atoms with E-state index in [9.17, 15) is 4.79 Å². The summed E-state index contributed by atoms with van der Waals surface area (Å²) < 4.78 is 5.51. The third-order valence-electron chi connectivity index (χ3n) is 2.47. The fourth-order valence-corrected chi connectivity index (χ4v) is 1.52. The van der Waals surface area contributed by atoms with E-state index in [0.717, 1.165) is 6.42 Å². The standard InChI is InChI=1S/C14H24N4O2/c1-4-8-17-13(19)7-9-16-12-6-5-11(15)14(18-12)20-10(2)3/h5-6,10H,4,7-9,15H2,1-3H3,(H,16,18)(H,17,19). The van der Waals surface area contributed by atoms with Crippen LogP contribution in [0.2, 0.25) is 0 Å². The van der Waals surface area contributed by atoms with Gasteiger partial charge in [-0.3, -0.25) is 4.79 Å². The minimum atomic E-state index is 0.0138. The number of pyridine rings is 1. The maximum atomic E-state index is 11.4. The van der Waals surface area contributed by atoms with E-state index in [0.29, 0.717) is 36.9 Å². The van der Waals surface area contributed by atoms with Gasteiger partial charge in [-0.1, -0.05) is 6.92 Å². The summed E-state index contributed by atoms with van der Waals surface area (Å²) in [6.45, 7) is 7.09. The van der Waals surface area contributed by atoms with Crippen LogP contribution in [0.25, 0.3) is 0 Å². The van der Waals surface area contributed by atoms with Gasteiger partial charge in [0.25, 0.3) is 0 Å². The van der Waals surface area contributed by atoms with E-state index >= 15 is 0 Å². The van der Waals surface area contributed by atoms with Crippen LogP contribution < -0.4 is 21.1 Å². The fraction of sp³-hybridized carbons (Fsp3) is 0.571. The minimum absolute atomic E-state index is 0.0138. The van der Waals surface area contributed by atoms with Crippen molar-refractivity contribution in [2.75, 3.05) is 24.1 Å². The van der Waals surface area contributed by atoms with Crippen LogP contribution in [0.5, 0.6) is 5.88 Å². The van der Waals surface area contributed by atoms with Crippen LogP contribution in [0.15, 0.2) is 12.1 Å². The molecular weight excluding hydrogens is 256 g/mol. The molecule has 0 aliphatic heterocycles. The number of hydrogen-bond acceptors (Lipinski definition) is 5. The van der Waals surface area contributed by atoms with Gasteiger partial charge >= 0.3 is 0 Å². The summed E-state index contributed by atoms with van der Waals surface area (Å²) in [5, 5.41) is 5.91. The summed E-state index contributed by atoms with van der Waals surface area (Å²) in [6, 6.07) is 3.51. The molecule has 0 radical (unpaired) electrons. The second-order valence-corrected chi connectivity index (χ2v) is 4.78. The van der Waals surface area contributed by atoms with E-state index in [2.05, 4.69) is 15.6 Å². The number of hydrogen-bond donors (Lipinski definition) is 3. The maximum Gasteiger partial charge on any atom is 0.239 e. The lowest BCUT2D eigenvalue weighted by Crippen LogP contribution is -2.26. The first-order valence-electron chi connectivity index (χ1n) is 6.96. The lowest BCUT2D eigenvalue weighted by molar-refractivity contribution is -0.120. The van der Waals surface area contributed by atoms with Gasteiger partial charge in [-0.25, -0.2) is 0 Å². The molecule has 0 bridgehead atoms. The van der Waals surface area contributed by atoms with Crippen molar-refractivity contribution in [3.8, 4) is 5.88 Å². The first-order chi connectivity index (χ1) is 9.52. The molecule has 1 amide bonds. The van der Waals surface area contributed by atoms with Crippen molar-refractivity contribution in [2.24, 2.45) is 0 Å². The summed E-state index contributed by atoms with van der Waals surface area (Å²) >= 11 is 0. The molecule has 4 N–H and O–H groups in total. The SMILES string of the molecule is CCCNC(=O)CCNc1ccc(N)c(OC(C)C)n1. The van der Waals surface area contributed by atoms with Gasteiger partial charge in [-0.2, -0.15) is 4.98 Å². The molecule has 20 heavy (non-hydrogen) atoms. The van der Waals surface area contributed by atoms with Crippen molar-refractivity contribution in [1.82, 2.24) is 10.3 Å². The van der Waals surface area contributed by atoms with E-state index < -0.39 is 0 Å². The lowest BCUT2D eigenvalue weighted by Gasteiger charge is -2.13. The third-order valence-corrected chi connectivity index (χ3v) is 2.47. The Morgan fingerprint density at radius 3 is 2.80 bits per heavy atom. The quantitative estimate of drug-likeness (QED) is 0.675. The molecular formula is C14H24N4O2. The number of nitrogen functional groups attached to an aromatic ring is 1. The summed E-state index contributed by atoms with van der Waals surface area (Å²) in [4.78, 5) is 15.7. The number of nitrogens with two attached hydrogens (primary N) is 1. The summed E-state index contributed by atoms with van der Waals surface area (Å²) in [7, 11) is 0. The topological polar surface area (TPSA) is 89.3 Å². The smallest absolute Gasteiger partial charge is 0.239 e. The first-order valence-corrected chi connectivity index (χ1v) is 6.96. The fourth-order valence-electron chi connectivity index (χ4n) is 1.52. The highest BCUT2D eigenvalue weighted by atomic mass is 16.5. The Bertz CT molecular complexity index is 435. The highest BCUT2D eigenvalue weighted by molar-refractivity contribution is 5.76. The predicted octanol–water partition coefficient (Wildman–Crippen LogP) is 1.78. The van der Waals surface area contributed by atoms with Crippen LogP contribution in [0.1, 0.15) is 33.6 Å². The Hall–Kier alpha value is -1.98. The molecule has 1 aromatic rings. The second kappa shape index (κ2) is 8.24. The molecule has 0 aromatic carbocycles. The number of rotatable bonds is 8. The number of carbonyl (C=O) groups excluding carboxylic acids is 1. The van der Waals surface area contributed by atoms with Crippen molar-refractivity contribution >= 4 is 17.4 Å². The molecule has 0 saturated heterocycles. The number of anilines is 2. The largest absolute Gasteiger partial charge is 0.473 e. The molecule has 6 heteroatoms. The predicted molar refractivity (Wildman–Crippen MR) is 80.8 cm³/mol. The zero-order valence-corrected chi connectivity index (χ0v) is 12.4. The van der Waals surface area contributed by atoms with Crippen LogP contribution in [-0.4, -0.2) is 30.1 Å². The van der Waals surface area contributed by atoms with Crippen LogP contribution in [0, 0.1) is 0 Å². The average Bonchev–Trinajstić information content (AvgIpc) is 2.39. The summed E-state index contributed by atoms with van der Waals surface area (Å²) in [5.74, 6) is 1.10. The van der Waals surface area contributed by atoms with E-state index in [1.54, 1.807) is 12.1 Å². The molecule has 112 valence electrons. The number of carbonyl (C=O) groups is 1. The monoisotopic (exact) mass is 280 g/mol. The zero-order chi connectivity index (χ0) is 15.0. The van der Waals surface area contributed by atoms with E-state index in [1.165, 1.54) is 0 Å². The molecule has 0 aliphatic rings. The van der Waals surface area contributed by atoms with E-state index in [4.69, 9.17) is 10.5 Å². The number of amides is 1. The van der Waals surface area contributed by atoms with Crippen molar-refractivity contribution in [2.45, 2.75) is 39.7 Å². The highest BCUT2D eigenvalue weighted by Crippen LogP contribution is 2.21. The van der Waals surface area contributed by atoms with Crippen LogP contribution in [0.3, 0.4) is 0 Å². The zero-order valence-electron chi connectivity index (χ0n) is 12.4. The van der Waals surface area contributed by atoms with Gasteiger partial charge in [0, 0.05) is 19.5 Å². The van der Waals surface area contributed by atoms with Crippen molar-refractivity contribution in [3.05, 3.63) is 12.1 Å². The van der Waals surface area contributed by atoms with E-state index in [1.807, 2.05) is 20.8 Å². The molecule has 0 unspecified atom stereocenters. The van der Waals surface area contributed by atoms with Crippen LogP contribution >= 0.6 is 0 Å². The Morgan fingerprint density at radius 1 is 1.40 bits per heavy atom. The van der Waals surface area contributed by atoms with Gasteiger partial charge in [-0.15, -0.1) is 0 Å². The average molecular weight is 280 g/mol. The maximum absolute atomic E-state index is 11.4. The number of nitrogens with one attached hydrogen (secondary N) is 2. The van der Waals surface area contributed by atoms with Gasteiger partial charge in [0.05, 0.1) is 11.8 Å². The van der Waals surface area contributed by atoms with Gasteiger partial charge in [0.15, 0.2) is 0 Å². The third kappa shape index (κ3) is 5.77. The molecule has 0 saturated carbocycles. The molecule has 1 aromatic heterocycles. The molecule has 0 aliphatic carbocycles. The van der Waals surface area contributed by atoms with Gasteiger partial charge in [0.1, 0.15) is 5.82 Å². The van der Waals surface area contributed by atoms with Crippen LogP contribution in [0.4, 0.5) is 11.5 Å². The Balaban J connectivity index is 2.46. The van der Waals surface area contributed by atoms with Gasteiger partial charge < -0.3 is 21.1 Å². The second-order valence-electron chi connectivity index (χ2n) is 4.78. The number of nitrogens with zero attached hydrogens (tertiary/aromatic N) is 1. The van der Waals surface area contributed by atoms with Crippen molar-refractivity contribution < 1.29 is 9.53 Å². The van der Waals surface area contributed by atoms with Gasteiger partial charge in [-0.05, 0) is 32.4 Å². The number of aromatic nitrogens is 1. The number of ether oxygens (including phenoxy) is 1. The van der Waals surface area contributed by atoms with Gasteiger partial charge in [0.2, 0.25) is 11.8 Å². The Morgan fingerprint density at radius 2 is 2.15 bits per heavy atom. The Labute approximate surface area is 120 Å². The molecule has 6 nitrogen and oxygen atoms in total. The highest BCUT2D eigenvalue weighted by Gasteiger charge is 2.07. The summed E-state index contributed by atoms with van der Waals surface area (Å²) in [6.07, 6.45) is 1.36. The molecule has 0 fully saturated rings. The minimum Gasteiger partial charge on any atom is -0.473 e. The molecule has 1 rings (SSSR count). The molecule has 0 atom stereocenters. The van der Waals surface area contributed by atoms with Crippen molar-refractivity contribution in [1.29, 1.82) is 0 Å². The van der Waals surface area contributed by atoms with E-state index in [-0.39, 0.29) is 12.0 Å². The van der Waals surface area contributed by atoms with Crippen molar-refractivity contribution in [3.63, 3.8) is 0 Å². The first kappa shape index (κ1) is 16.1. The summed E-state index contributed by atoms with van der Waals surface area (Å²) in [5.41, 5.74) is 6.29. The molecule has 1 heterocycles. The Kier molecular flexibility index (Phi) is 6.63. The van der Waals surface area contributed by atoms with Crippen LogP contribution in [-0.2, 0) is 4.79 Å². The lowest BCUT2D eigenvalue weighted by atomic mass is 10.3. The molecule has 0 spiro atoms. The normalized spacial score (nSPS) is 10.4.